The van der Waals surface area contributed by atoms with E-state index in [4.69, 9.17) is 10.8 Å². The van der Waals surface area contributed by atoms with Gasteiger partial charge in [-0.1, -0.05) is 37.3 Å². The maximum atomic E-state index is 11.4. The molecule has 2 rings (SSSR count). The first-order chi connectivity index (χ1) is 11.6. The molecule has 1 aromatic heterocycles. The molecule has 1 heterocycles. The van der Waals surface area contributed by atoms with Gasteiger partial charge in [-0.15, -0.1) is 0 Å². The van der Waals surface area contributed by atoms with Crippen LogP contribution < -0.4 is 16.4 Å². The third-order valence-electron chi connectivity index (χ3n) is 3.47. The van der Waals surface area contributed by atoms with Crippen LogP contribution in [-0.4, -0.2) is 22.9 Å². The molecule has 0 spiro atoms. The van der Waals surface area contributed by atoms with Gasteiger partial charge in [-0.3, -0.25) is 5.32 Å². The van der Waals surface area contributed by atoms with Gasteiger partial charge in [-0.2, -0.15) is 5.10 Å². The molecule has 0 aliphatic heterocycles. The summed E-state index contributed by atoms with van der Waals surface area (Å²) >= 11 is 0. The van der Waals surface area contributed by atoms with E-state index in [-0.39, 0.29) is 0 Å². The quantitative estimate of drug-likeness (QED) is 0.713. The summed E-state index contributed by atoms with van der Waals surface area (Å²) in [4.78, 5) is 11.4. The average Bonchev–Trinajstić information content (AvgIpc) is 2.89. The number of hydrogen-bond acceptors (Lipinski definition) is 3. The standard InChI is InChI=1S/C18H23N5O/c1-4-5-9-14(12-20-3)16-13(2)17(21-18(19)24)23(22-16)15-10-7-6-8-11-15/h5-12,20H,4H2,1-3H3,(H3,19,21,24)/b9-5+,14-12+. The van der Waals surface area contributed by atoms with E-state index in [1.807, 2.05) is 56.6 Å². The van der Waals surface area contributed by atoms with Crippen molar-refractivity contribution in [2.45, 2.75) is 20.3 Å². The monoisotopic (exact) mass is 325 g/mol. The number of aromatic nitrogens is 2. The average molecular weight is 325 g/mol. The number of benzene rings is 1. The van der Waals surface area contributed by atoms with E-state index < -0.39 is 6.03 Å². The summed E-state index contributed by atoms with van der Waals surface area (Å²) in [6.07, 6.45) is 6.87. The summed E-state index contributed by atoms with van der Waals surface area (Å²) in [5.41, 5.74) is 8.73. The summed E-state index contributed by atoms with van der Waals surface area (Å²) in [5, 5.41) is 10.4. The van der Waals surface area contributed by atoms with Crippen LogP contribution in [0.25, 0.3) is 11.3 Å². The second kappa shape index (κ2) is 8.01. The predicted octanol–water partition coefficient (Wildman–Crippen LogP) is 3.20. The molecule has 1 aromatic carbocycles. The van der Waals surface area contributed by atoms with Crippen molar-refractivity contribution in [1.82, 2.24) is 15.1 Å². The highest BCUT2D eigenvalue weighted by molar-refractivity contribution is 5.89. The van der Waals surface area contributed by atoms with E-state index >= 15 is 0 Å². The molecule has 6 heteroatoms. The van der Waals surface area contributed by atoms with Gasteiger partial charge in [0.05, 0.1) is 11.4 Å². The van der Waals surface area contributed by atoms with Crippen LogP contribution in [0.5, 0.6) is 0 Å². The molecule has 0 radical (unpaired) electrons. The number of urea groups is 1. The summed E-state index contributed by atoms with van der Waals surface area (Å²) in [6.45, 7) is 3.99. The maximum absolute atomic E-state index is 11.4. The predicted molar refractivity (Wildman–Crippen MR) is 98.0 cm³/mol. The zero-order valence-electron chi connectivity index (χ0n) is 14.2. The van der Waals surface area contributed by atoms with Crippen molar-refractivity contribution < 1.29 is 4.79 Å². The number of carbonyl (C=O) groups excluding carboxylic acids is 1. The lowest BCUT2D eigenvalue weighted by molar-refractivity contribution is 0.259. The van der Waals surface area contributed by atoms with E-state index in [0.29, 0.717) is 5.82 Å². The van der Waals surface area contributed by atoms with Crippen LogP contribution >= 0.6 is 0 Å². The minimum absolute atomic E-state index is 0.565. The molecule has 24 heavy (non-hydrogen) atoms. The molecule has 0 saturated heterocycles. The van der Waals surface area contributed by atoms with Crippen LogP contribution in [0, 0.1) is 6.92 Å². The lowest BCUT2D eigenvalue weighted by Crippen LogP contribution is -2.21. The number of primary amides is 1. The number of nitrogens with two attached hydrogens (primary N) is 1. The fraction of sp³-hybridized carbons (Fsp3) is 0.222. The number of carbonyl (C=O) groups is 1. The molecule has 0 atom stereocenters. The summed E-state index contributed by atoms with van der Waals surface area (Å²) < 4.78 is 1.69. The Hall–Kier alpha value is -3.02. The van der Waals surface area contributed by atoms with Crippen LogP contribution in [0.4, 0.5) is 10.6 Å². The van der Waals surface area contributed by atoms with Gasteiger partial charge in [0.15, 0.2) is 0 Å². The van der Waals surface area contributed by atoms with Gasteiger partial charge < -0.3 is 11.1 Å². The molecular formula is C18H23N5O. The second-order valence-electron chi connectivity index (χ2n) is 5.26. The van der Waals surface area contributed by atoms with Crippen LogP contribution in [0.1, 0.15) is 24.6 Å². The van der Waals surface area contributed by atoms with Gasteiger partial charge in [-0.05, 0) is 25.5 Å². The molecule has 0 saturated carbocycles. The number of rotatable bonds is 6. The Bertz CT molecular complexity index is 759. The molecular weight excluding hydrogens is 302 g/mol. The molecule has 2 aromatic rings. The van der Waals surface area contributed by atoms with Gasteiger partial charge in [0.1, 0.15) is 5.82 Å². The smallest absolute Gasteiger partial charge is 0.317 e. The Kier molecular flexibility index (Phi) is 5.78. The van der Waals surface area contributed by atoms with E-state index in [1.165, 1.54) is 0 Å². The van der Waals surface area contributed by atoms with Gasteiger partial charge in [0, 0.05) is 24.4 Å². The first-order valence-corrected chi connectivity index (χ1v) is 7.84. The third-order valence-corrected chi connectivity index (χ3v) is 3.47. The van der Waals surface area contributed by atoms with Crippen molar-refractivity contribution in [3.8, 4) is 5.69 Å². The van der Waals surface area contributed by atoms with Crippen LogP contribution in [-0.2, 0) is 0 Å². The van der Waals surface area contributed by atoms with Gasteiger partial charge in [-0.25, -0.2) is 9.48 Å². The number of anilines is 1. The molecule has 0 aliphatic carbocycles. The number of nitrogens with zero attached hydrogens (tertiary/aromatic N) is 2. The number of para-hydroxylation sites is 1. The molecule has 0 fully saturated rings. The Labute approximate surface area is 142 Å². The first kappa shape index (κ1) is 17.3. The topological polar surface area (TPSA) is 85.0 Å². The lowest BCUT2D eigenvalue weighted by Gasteiger charge is -2.07. The molecule has 4 N–H and O–H groups in total. The highest BCUT2D eigenvalue weighted by atomic mass is 16.2. The van der Waals surface area contributed by atoms with Gasteiger partial charge in [0.25, 0.3) is 0 Å². The van der Waals surface area contributed by atoms with E-state index in [0.717, 1.165) is 28.9 Å². The van der Waals surface area contributed by atoms with E-state index in [9.17, 15) is 4.79 Å². The highest BCUT2D eigenvalue weighted by Crippen LogP contribution is 2.28. The maximum Gasteiger partial charge on any atom is 0.317 e. The van der Waals surface area contributed by atoms with Crippen molar-refractivity contribution in [2.75, 3.05) is 12.4 Å². The fourth-order valence-corrected chi connectivity index (χ4v) is 2.39. The zero-order valence-corrected chi connectivity index (χ0v) is 14.2. The molecule has 6 nitrogen and oxygen atoms in total. The largest absolute Gasteiger partial charge is 0.393 e. The highest BCUT2D eigenvalue weighted by Gasteiger charge is 2.18. The van der Waals surface area contributed by atoms with Crippen molar-refractivity contribution in [3.05, 3.63) is 59.9 Å². The lowest BCUT2D eigenvalue weighted by atomic mass is 10.1. The van der Waals surface area contributed by atoms with Gasteiger partial charge in [0.2, 0.25) is 0 Å². The third kappa shape index (κ3) is 3.84. The Balaban J connectivity index is 2.62. The van der Waals surface area contributed by atoms with Crippen molar-refractivity contribution in [2.24, 2.45) is 5.73 Å². The minimum Gasteiger partial charge on any atom is -0.393 e. The summed E-state index contributed by atoms with van der Waals surface area (Å²) in [6, 6.07) is 8.99. The number of allylic oxidation sites excluding steroid dienone is 3. The Morgan fingerprint density at radius 3 is 2.62 bits per heavy atom. The van der Waals surface area contributed by atoms with E-state index in [2.05, 4.69) is 23.6 Å². The number of amides is 2. The second-order valence-corrected chi connectivity index (χ2v) is 5.26. The summed E-state index contributed by atoms with van der Waals surface area (Å²) in [7, 11) is 1.84. The van der Waals surface area contributed by atoms with Gasteiger partial charge >= 0.3 is 6.03 Å². The zero-order chi connectivity index (χ0) is 17.5. The molecule has 126 valence electrons. The number of hydrogen-bond donors (Lipinski definition) is 3. The minimum atomic E-state index is -0.620. The van der Waals surface area contributed by atoms with Crippen molar-refractivity contribution in [1.29, 1.82) is 0 Å². The van der Waals surface area contributed by atoms with Crippen molar-refractivity contribution >= 4 is 17.4 Å². The van der Waals surface area contributed by atoms with Crippen LogP contribution in [0.2, 0.25) is 0 Å². The van der Waals surface area contributed by atoms with Crippen LogP contribution in [0.15, 0.2) is 48.7 Å². The molecule has 2 amide bonds. The van der Waals surface area contributed by atoms with Crippen molar-refractivity contribution in [3.63, 3.8) is 0 Å². The molecule has 0 unspecified atom stereocenters. The molecule has 0 bridgehead atoms. The molecule has 0 aliphatic rings. The normalized spacial score (nSPS) is 11.7. The Morgan fingerprint density at radius 2 is 2.04 bits per heavy atom. The van der Waals surface area contributed by atoms with E-state index in [1.54, 1.807) is 4.68 Å². The SMILES string of the molecule is CC/C=C/C(=C\NC)c1nn(-c2ccccc2)c(NC(N)=O)c1C. The summed E-state index contributed by atoms with van der Waals surface area (Å²) in [5.74, 6) is 0.565. The Morgan fingerprint density at radius 1 is 1.33 bits per heavy atom. The number of nitrogens with one attached hydrogen (secondary N) is 2. The first-order valence-electron chi connectivity index (χ1n) is 7.84. The van der Waals surface area contributed by atoms with Crippen LogP contribution in [0.3, 0.4) is 0 Å². The fourth-order valence-electron chi connectivity index (χ4n) is 2.39.